The van der Waals surface area contributed by atoms with Crippen LogP contribution in [0.1, 0.15) is 32.3 Å². The summed E-state index contributed by atoms with van der Waals surface area (Å²) in [6, 6.07) is 4.08. The largest absolute Gasteiger partial charge is 0.463 e. The van der Waals surface area contributed by atoms with Crippen molar-refractivity contribution in [2.24, 2.45) is 0 Å². The Morgan fingerprint density at radius 1 is 1.35 bits per heavy atom. The molecular weight excluding hydrogens is 252 g/mol. The van der Waals surface area contributed by atoms with E-state index in [0.717, 1.165) is 37.7 Å². The molecule has 0 radical (unpaired) electrons. The Morgan fingerprint density at radius 2 is 2.05 bits per heavy atom. The molecule has 0 atom stereocenters. The van der Waals surface area contributed by atoms with Gasteiger partial charge in [-0.15, -0.1) is 6.58 Å². The first-order valence-electron chi connectivity index (χ1n) is 7.09. The lowest BCUT2D eigenvalue weighted by atomic mass is 10.1. The molecule has 0 spiro atoms. The summed E-state index contributed by atoms with van der Waals surface area (Å²) in [6.07, 6.45) is 1.90. The van der Waals surface area contributed by atoms with Crippen molar-refractivity contribution in [2.75, 3.05) is 26.8 Å². The molecule has 114 valence electrons. The highest BCUT2D eigenvalue weighted by Crippen LogP contribution is 2.12. The van der Waals surface area contributed by atoms with Crippen molar-refractivity contribution < 1.29 is 9.15 Å². The molecule has 1 aromatic rings. The number of methoxy groups -OCH3 is 1. The zero-order valence-corrected chi connectivity index (χ0v) is 13.2. The molecule has 0 aromatic carbocycles. The van der Waals surface area contributed by atoms with Crippen LogP contribution < -0.4 is 5.32 Å². The third kappa shape index (κ3) is 6.89. The molecule has 1 rings (SSSR count). The van der Waals surface area contributed by atoms with Crippen LogP contribution in [0, 0.1) is 0 Å². The van der Waals surface area contributed by atoms with E-state index in [-0.39, 0.29) is 5.54 Å². The number of hydrogen-bond donors (Lipinski definition) is 1. The maximum atomic E-state index is 5.86. The van der Waals surface area contributed by atoms with Crippen LogP contribution in [0.3, 0.4) is 0 Å². The highest BCUT2D eigenvalue weighted by molar-refractivity contribution is 5.07. The van der Waals surface area contributed by atoms with E-state index < -0.39 is 0 Å². The second-order valence-electron chi connectivity index (χ2n) is 5.99. The summed E-state index contributed by atoms with van der Waals surface area (Å²) in [7, 11) is 1.72. The highest BCUT2D eigenvalue weighted by atomic mass is 16.5. The second-order valence-corrected chi connectivity index (χ2v) is 5.99. The molecule has 0 unspecified atom stereocenters. The van der Waals surface area contributed by atoms with Crippen LogP contribution in [-0.4, -0.2) is 37.2 Å². The van der Waals surface area contributed by atoms with Gasteiger partial charge in [-0.05, 0) is 32.9 Å². The predicted octanol–water partition coefficient (Wildman–Crippen LogP) is 2.80. The Balaban J connectivity index is 2.50. The molecule has 20 heavy (non-hydrogen) atoms. The van der Waals surface area contributed by atoms with Crippen molar-refractivity contribution in [3.63, 3.8) is 0 Å². The SMILES string of the molecule is C=CCN(CCOC)Cc1ccc(CNC(C)(C)C)o1. The lowest BCUT2D eigenvalue weighted by Crippen LogP contribution is -2.34. The number of nitrogens with zero attached hydrogens (tertiary/aromatic N) is 1. The number of furan rings is 1. The van der Waals surface area contributed by atoms with E-state index in [0.29, 0.717) is 6.61 Å². The third-order valence-corrected chi connectivity index (χ3v) is 2.89. The molecule has 0 bridgehead atoms. The van der Waals surface area contributed by atoms with E-state index in [1.165, 1.54) is 0 Å². The summed E-state index contributed by atoms with van der Waals surface area (Å²) in [5.41, 5.74) is 0.0975. The zero-order valence-electron chi connectivity index (χ0n) is 13.2. The van der Waals surface area contributed by atoms with E-state index in [4.69, 9.17) is 9.15 Å². The zero-order chi connectivity index (χ0) is 15.0. The Morgan fingerprint density at radius 3 is 2.65 bits per heavy atom. The Bertz CT molecular complexity index is 393. The van der Waals surface area contributed by atoms with Crippen LogP contribution in [0.15, 0.2) is 29.2 Å². The molecule has 0 aliphatic rings. The Hall–Kier alpha value is -1.10. The second kappa shape index (κ2) is 8.25. The van der Waals surface area contributed by atoms with Crippen molar-refractivity contribution in [1.82, 2.24) is 10.2 Å². The molecule has 0 aliphatic heterocycles. The normalized spacial score (nSPS) is 12.1. The first-order valence-corrected chi connectivity index (χ1v) is 7.09. The summed E-state index contributed by atoms with van der Waals surface area (Å²) in [5, 5.41) is 3.42. The predicted molar refractivity (Wildman–Crippen MR) is 82.7 cm³/mol. The van der Waals surface area contributed by atoms with Gasteiger partial charge in [0.05, 0.1) is 19.7 Å². The van der Waals surface area contributed by atoms with Gasteiger partial charge in [-0.1, -0.05) is 6.08 Å². The average molecular weight is 280 g/mol. The van der Waals surface area contributed by atoms with Gasteiger partial charge < -0.3 is 14.5 Å². The van der Waals surface area contributed by atoms with Crippen molar-refractivity contribution in [1.29, 1.82) is 0 Å². The van der Waals surface area contributed by atoms with Crippen LogP contribution in [0.5, 0.6) is 0 Å². The van der Waals surface area contributed by atoms with Gasteiger partial charge in [0, 0.05) is 25.7 Å². The fourth-order valence-corrected chi connectivity index (χ4v) is 1.81. The lowest BCUT2D eigenvalue weighted by molar-refractivity contribution is 0.146. The maximum absolute atomic E-state index is 5.86. The summed E-state index contributed by atoms with van der Waals surface area (Å²) >= 11 is 0. The Labute approximate surface area is 122 Å². The molecular formula is C16H28N2O2. The molecule has 0 fully saturated rings. The minimum atomic E-state index is 0.0975. The van der Waals surface area contributed by atoms with Crippen molar-refractivity contribution >= 4 is 0 Å². The minimum Gasteiger partial charge on any atom is -0.463 e. The molecule has 1 aromatic heterocycles. The summed E-state index contributed by atoms with van der Waals surface area (Å²) in [5.74, 6) is 1.95. The minimum absolute atomic E-state index is 0.0975. The molecule has 4 heteroatoms. The van der Waals surface area contributed by atoms with Gasteiger partial charge in [-0.25, -0.2) is 0 Å². The molecule has 0 saturated carbocycles. The standard InChI is InChI=1S/C16H28N2O2/c1-6-9-18(10-11-19-5)13-15-8-7-14(20-15)12-17-16(2,3)4/h6-8,17H,1,9-13H2,2-5H3. The van der Waals surface area contributed by atoms with Crippen LogP contribution in [0.25, 0.3) is 0 Å². The van der Waals surface area contributed by atoms with Crippen LogP contribution in [-0.2, 0) is 17.8 Å². The summed E-state index contributed by atoms with van der Waals surface area (Å²) < 4.78 is 11.0. The summed E-state index contributed by atoms with van der Waals surface area (Å²) in [4.78, 5) is 2.25. The lowest BCUT2D eigenvalue weighted by Gasteiger charge is -2.20. The quantitative estimate of drug-likeness (QED) is 0.706. The van der Waals surface area contributed by atoms with Crippen molar-refractivity contribution in [3.8, 4) is 0 Å². The molecule has 0 aliphatic carbocycles. The third-order valence-electron chi connectivity index (χ3n) is 2.89. The van der Waals surface area contributed by atoms with Gasteiger partial charge in [-0.3, -0.25) is 4.90 Å². The Kier molecular flexibility index (Phi) is 6.99. The number of nitrogens with one attached hydrogen (secondary N) is 1. The monoisotopic (exact) mass is 280 g/mol. The molecule has 0 saturated heterocycles. The van der Waals surface area contributed by atoms with Crippen LogP contribution in [0.4, 0.5) is 0 Å². The van der Waals surface area contributed by atoms with Gasteiger partial charge in [0.1, 0.15) is 11.5 Å². The number of rotatable bonds is 9. The van der Waals surface area contributed by atoms with E-state index >= 15 is 0 Å². The van der Waals surface area contributed by atoms with Crippen molar-refractivity contribution in [3.05, 3.63) is 36.3 Å². The first-order chi connectivity index (χ1) is 9.44. The molecule has 1 N–H and O–H groups in total. The van der Waals surface area contributed by atoms with Crippen molar-refractivity contribution in [2.45, 2.75) is 39.4 Å². The molecule has 1 heterocycles. The molecule has 0 amide bonds. The first kappa shape index (κ1) is 17.0. The van der Waals surface area contributed by atoms with Gasteiger partial charge in [0.25, 0.3) is 0 Å². The van der Waals surface area contributed by atoms with E-state index in [2.05, 4.69) is 37.6 Å². The fourth-order valence-electron chi connectivity index (χ4n) is 1.81. The average Bonchev–Trinajstić information content (AvgIpc) is 2.81. The van der Waals surface area contributed by atoms with Gasteiger partial charge in [0.15, 0.2) is 0 Å². The topological polar surface area (TPSA) is 37.6 Å². The number of hydrogen-bond acceptors (Lipinski definition) is 4. The summed E-state index contributed by atoms with van der Waals surface area (Å²) in [6.45, 7) is 14.2. The van der Waals surface area contributed by atoms with Gasteiger partial charge >= 0.3 is 0 Å². The highest BCUT2D eigenvalue weighted by Gasteiger charge is 2.11. The maximum Gasteiger partial charge on any atom is 0.118 e. The van der Waals surface area contributed by atoms with Crippen LogP contribution >= 0.6 is 0 Å². The van der Waals surface area contributed by atoms with Crippen LogP contribution in [0.2, 0.25) is 0 Å². The smallest absolute Gasteiger partial charge is 0.118 e. The van der Waals surface area contributed by atoms with E-state index in [1.54, 1.807) is 7.11 Å². The van der Waals surface area contributed by atoms with E-state index in [1.807, 2.05) is 18.2 Å². The fraction of sp³-hybridized carbons (Fsp3) is 0.625. The molecule has 4 nitrogen and oxygen atoms in total. The van der Waals surface area contributed by atoms with E-state index in [9.17, 15) is 0 Å². The van der Waals surface area contributed by atoms with Gasteiger partial charge in [-0.2, -0.15) is 0 Å². The van der Waals surface area contributed by atoms with Gasteiger partial charge in [0.2, 0.25) is 0 Å². The number of ether oxygens (including phenoxy) is 1.